The minimum atomic E-state index is -0.759. The molecule has 1 atom stereocenters. The van der Waals surface area contributed by atoms with Crippen LogP contribution in [0.5, 0.6) is 0 Å². The summed E-state index contributed by atoms with van der Waals surface area (Å²) in [6.45, 7) is 2.11. The fraction of sp³-hybridized carbons (Fsp3) is 0.429. The molecule has 5 nitrogen and oxygen atoms in total. The summed E-state index contributed by atoms with van der Waals surface area (Å²) < 4.78 is 24.0. The highest BCUT2D eigenvalue weighted by Gasteiger charge is 2.20. The number of rotatable bonds is 4. The first kappa shape index (κ1) is 14.5. The van der Waals surface area contributed by atoms with Gasteiger partial charge in [-0.1, -0.05) is 0 Å². The van der Waals surface area contributed by atoms with Crippen LogP contribution < -0.4 is 5.32 Å². The van der Waals surface area contributed by atoms with Crippen molar-refractivity contribution < 1.29 is 23.5 Å². The number of benzene rings is 1. The van der Waals surface area contributed by atoms with E-state index in [1.807, 2.05) is 0 Å². The van der Waals surface area contributed by atoms with Crippen LogP contribution in [0.4, 0.5) is 10.1 Å². The van der Waals surface area contributed by atoms with Crippen LogP contribution in [0.2, 0.25) is 0 Å². The van der Waals surface area contributed by atoms with Crippen LogP contribution in [0.3, 0.4) is 0 Å². The van der Waals surface area contributed by atoms with Crippen molar-refractivity contribution in [1.82, 2.24) is 0 Å². The fourth-order valence-electron chi connectivity index (χ4n) is 1.98. The summed E-state index contributed by atoms with van der Waals surface area (Å²) in [7, 11) is 0. The molecule has 0 aromatic heterocycles. The quantitative estimate of drug-likeness (QED) is 0.859. The SMILES string of the molecule is CC(=O)Nc1ccc(F)c(C(=O)OCC2CCCO2)c1. The third kappa shape index (κ3) is 3.77. The second-order valence-corrected chi connectivity index (χ2v) is 4.61. The molecule has 2 rings (SSSR count). The van der Waals surface area contributed by atoms with E-state index in [0.717, 1.165) is 18.9 Å². The number of carbonyl (C=O) groups excluding carboxylic acids is 2. The van der Waals surface area contributed by atoms with Crippen molar-refractivity contribution >= 4 is 17.6 Å². The lowest BCUT2D eigenvalue weighted by molar-refractivity contribution is -0.114. The number of hydrogen-bond donors (Lipinski definition) is 1. The minimum absolute atomic E-state index is 0.111. The van der Waals surface area contributed by atoms with Crippen molar-refractivity contribution in [3.8, 4) is 0 Å². The average molecular weight is 281 g/mol. The van der Waals surface area contributed by atoms with Gasteiger partial charge in [0.25, 0.3) is 0 Å². The van der Waals surface area contributed by atoms with Crippen LogP contribution >= 0.6 is 0 Å². The summed E-state index contributed by atoms with van der Waals surface area (Å²) in [4.78, 5) is 22.8. The van der Waals surface area contributed by atoms with E-state index in [1.165, 1.54) is 19.1 Å². The number of hydrogen-bond acceptors (Lipinski definition) is 4. The van der Waals surface area contributed by atoms with Gasteiger partial charge >= 0.3 is 5.97 Å². The molecule has 108 valence electrons. The average Bonchev–Trinajstić information content (AvgIpc) is 2.91. The van der Waals surface area contributed by atoms with Crippen LogP contribution in [-0.2, 0) is 14.3 Å². The lowest BCUT2D eigenvalue weighted by Crippen LogP contribution is -2.18. The summed E-state index contributed by atoms with van der Waals surface area (Å²) in [6.07, 6.45) is 1.66. The van der Waals surface area contributed by atoms with Gasteiger partial charge in [-0.15, -0.1) is 0 Å². The molecule has 1 N–H and O–H groups in total. The van der Waals surface area contributed by atoms with Gasteiger partial charge < -0.3 is 14.8 Å². The molecule has 1 aliphatic heterocycles. The van der Waals surface area contributed by atoms with Crippen LogP contribution in [-0.4, -0.2) is 31.2 Å². The monoisotopic (exact) mass is 281 g/mol. The first-order valence-corrected chi connectivity index (χ1v) is 6.42. The molecule has 6 heteroatoms. The van der Waals surface area contributed by atoms with E-state index >= 15 is 0 Å². The van der Waals surface area contributed by atoms with E-state index in [9.17, 15) is 14.0 Å². The molecule has 20 heavy (non-hydrogen) atoms. The molecule has 1 fully saturated rings. The molecule has 0 bridgehead atoms. The zero-order chi connectivity index (χ0) is 14.5. The van der Waals surface area contributed by atoms with Crippen molar-refractivity contribution in [3.63, 3.8) is 0 Å². The molecule has 1 unspecified atom stereocenters. The molecule has 0 radical (unpaired) electrons. The van der Waals surface area contributed by atoms with Gasteiger partial charge in [0.1, 0.15) is 12.4 Å². The molecule has 0 spiro atoms. The zero-order valence-corrected chi connectivity index (χ0v) is 11.1. The van der Waals surface area contributed by atoms with Gasteiger partial charge in [0.2, 0.25) is 5.91 Å². The second-order valence-electron chi connectivity index (χ2n) is 4.61. The Morgan fingerprint density at radius 3 is 2.95 bits per heavy atom. The van der Waals surface area contributed by atoms with Crippen LogP contribution in [0.25, 0.3) is 0 Å². The summed E-state index contributed by atoms with van der Waals surface area (Å²) in [6, 6.07) is 3.76. The molecule has 1 heterocycles. The third-order valence-electron chi connectivity index (χ3n) is 2.93. The Bertz CT molecular complexity index is 512. The lowest BCUT2D eigenvalue weighted by Gasteiger charge is -2.11. The maximum atomic E-state index is 13.6. The molecule has 0 saturated carbocycles. The van der Waals surface area contributed by atoms with Gasteiger partial charge in [-0.3, -0.25) is 4.79 Å². The van der Waals surface area contributed by atoms with E-state index < -0.39 is 11.8 Å². The van der Waals surface area contributed by atoms with Gasteiger partial charge in [0.05, 0.1) is 11.7 Å². The standard InChI is InChI=1S/C14H16FNO4/c1-9(17)16-10-4-5-13(15)12(7-10)14(18)20-8-11-3-2-6-19-11/h4-5,7,11H,2-3,6,8H2,1H3,(H,16,17). The highest BCUT2D eigenvalue weighted by molar-refractivity contribution is 5.93. The number of amides is 1. The Kier molecular flexibility index (Phi) is 4.68. The van der Waals surface area contributed by atoms with E-state index in [2.05, 4.69) is 5.32 Å². The second kappa shape index (κ2) is 6.47. The van der Waals surface area contributed by atoms with Crippen molar-refractivity contribution in [3.05, 3.63) is 29.6 Å². The normalized spacial score (nSPS) is 17.8. The highest BCUT2D eigenvalue weighted by Crippen LogP contribution is 2.17. The molecule has 1 aromatic rings. The summed E-state index contributed by atoms with van der Waals surface area (Å²) in [5.74, 6) is -1.74. The number of halogens is 1. The van der Waals surface area contributed by atoms with Crippen molar-refractivity contribution in [2.24, 2.45) is 0 Å². The summed E-state index contributed by atoms with van der Waals surface area (Å²) in [5.41, 5.74) is 0.150. The maximum Gasteiger partial charge on any atom is 0.341 e. The van der Waals surface area contributed by atoms with Gasteiger partial charge in [-0.05, 0) is 31.0 Å². The lowest BCUT2D eigenvalue weighted by atomic mass is 10.2. The van der Waals surface area contributed by atoms with Crippen molar-refractivity contribution in [2.45, 2.75) is 25.9 Å². The Balaban J connectivity index is 2.01. The first-order valence-electron chi connectivity index (χ1n) is 6.42. The topological polar surface area (TPSA) is 64.6 Å². The van der Waals surface area contributed by atoms with E-state index in [-0.39, 0.29) is 24.2 Å². The number of esters is 1. The van der Waals surface area contributed by atoms with Crippen molar-refractivity contribution in [2.75, 3.05) is 18.5 Å². The van der Waals surface area contributed by atoms with Gasteiger partial charge in [-0.2, -0.15) is 0 Å². The Morgan fingerprint density at radius 2 is 2.30 bits per heavy atom. The van der Waals surface area contributed by atoms with Gasteiger partial charge in [-0.25, -0.2) is 9.18 Å². The first-order chi connectivity index (χ1) is 9.56. The number of nitrogens with one attached hydrogen (secondary N) is 1. The fourth-order valence-corrected chi connectivity index (χ4v) is 1.98. The minimum Gasteiger partial charge on any atom is -0.459 e. The molecule has 1 aromatic carbocycles. The predicted octanol–water partition coefficient (Wildman–Crippen LogP) is 2.12. The summed E-state index contributed by atoms with van der Waals surface area (Å²) >= 11 is 0. The smallest absolute Gasteiger partial charge is 0.341 e. The molecular weight excluding hydrogens is 265 g/mol. The number of anilines is 1. The number of carbonyl (C=O) groups is 2. The zero-order valence-electron chi connectivity index (χ0n) is 11.1. The third-order valence-corrected chi connectivity index (χ3v) is 2.93. The molecule has 1 saturated heterocycles. The van der Waals surface area contributed by atoms with Crippen LogP contribution in [0, 0.1) is 5.82 Å². The summed E-state index contributed by atoms with van der Waals surface area (Å²) in [5, 5.41) is 2.49. The Labute approximate surface area is 116 Å². The molecule has 0 aliphatic carbocycles. The van der Waals surface area contributed by atoms with E-state index in [4.69, 9.17) is 9.47 Å². The van der Waals surface area contributed by atoms with Crippen LogP contribution in [0.1, 0.15) is 30.1 Å². The van der Waals surface area contributed by atoms with Crippen molar-refractivity contribution in [1.29, 1.82) is 0 Å². The largest absolute Gasteiger partial charge is 0.459 e. The van der Waals surface area contributed by atoms with E-state index in [0.29, 0.717) is 12.3 Å². The Morgan fingerprint density at radius 1 is 1.50 bits per heavy atom. The predicted molar refractivity (Wildman–Crippen MR) is 70.0 cm³/mol. The maximum absolute atomic E-state index is 13.6. The highest BCUT2D eigenvalue weighted by atomic mass is 19.1. The van der Waals surface area contributed by atoms with Gasteiger partial charge in [0, 0.05) is 19.2 Å². The molecular formula is C14H16FNO4. The molecule has 1 amide bonds. The molecule has 1 aliphatic rings. The van der Waals surface area contributed by atoms with Crippen LogP contribution in [0.15, 0.2) is 18.2 Å². The Hall–Kier alpha value is -1.95. The van der Waals surface area contributed by atoms with Gasteiger partial charge in [0.15, 0.2) is 0 Å². The number of ether oxygens (including phenoxy) is 2. The van der Waals surface area contributed by atoms with E-state index in [1.54, 1.807) is 0 Å².